The third kappa shape index (κ3) is 2.46. The third-order valence-corrected chi connectivity index (χ3v) is 3.13. The number of ether oxygens (including phenoxy) is 1. The zero-order valence-electron chi connectivity index (χ0n) is 11.3. The largest absolute Gasteiger partial charge is 0.495 e. The number of benzene rings is 1. The van der Waals surface area contributed by atoms with Crippen LogP contribution in [0, 0.1) is 0 Å². The molecule has 0 unspecified atom stereocenters. The van der Waals surface area contributed by atoms with Crippen LogP contribution in [0.1, 0.15) is 35.9 Å². The Bertz CT molecular complexity index is 652. The molecule has 1 heterocycles. The second-order valence-corrected chi connectivity index (χ2v) is 4.92. The Morgan fingerprint density at radius 3 is 2.65 bits per heavy atom. The topological polar surface area (TPSA) is 77.2 Å². The molecule has 0 amide bonds. The van der Waals surface area contributed by atoms with Crippen molar-refractivity contribution < 1.29 is 14.6 Å². The lowest BCUT2D eigenvalue weighted by molar-refractivity contribution is 0.0688. The van der Waals surface area contributed by atoms with Gasteiger partial charge in [-0.15, -0.1) is 5.10 Å². The number of aromatic carboxylic acids is 1. The number of halogens is 1. The molecule has 0 aliphatic rings. The molecule has 1 aromatic heterocycles. The van der Waals surface area contributed by atoms with E-state index in [1.807, 2.05) is 13.8 Å². The van der Waals surface area contributed by atoms with Crippen LogP contribution < -0.4 is 4.74 Å². The standard InChI is InChI=1S/C13H14ClN3O3/c1-7(2)12-11(13(18)19)15-16-17(12)8-4-5-10(20-3)9(14)6-8/h4-7H,1-3H3,(H,18,19). The number of aromatic nitrogens is 3. The molecule has 0 bridgehead atoms. The average Bonchev–Trinajstić information content (AvgIpc) is 2.83. The van der Waals surface area contributed by atoms with Crippen LogP contribution in [0.2, 0.25) is 5.02 Å². The molecule has 0 saturated carbocycles. The second-order valence-electron chi connectivity index (χ2n) is 4.51. The van der Waals surface area contributed by atoms with Gasteiger partial charge in [0.1, 0.15) is 5.75 Å². The van der Waals surface area contributed by atoms with E-state index in [0.29, 0.717) is 22.2 Å². The molecule has 1 N–H and O–H groups in total. The van der Waals surface area contributed by atoms with Crippen molar-refractivity contribution in [2.24, 2.45) is 0 Å². The number of carbonyl (C=O) groups is 1. The highest BCUT2D eigenvalue weighted by Crippen LogP contribution is 2.28. The fraction of sp³-hybridized carbons (Fsp3) is 0.308. The second kappa shape index (κ2) is 5.50. The first-order valence-electron chi connectivity index (χ1n) is 5.98. The van der Waals surface area contributed by atoms with Crippen LogP contribution in [0.5, 0.6) is 5.75 Å². The zero-order valence-corrected chi connectivity index (χ0v) is 12.0. The molecule has 106 valence electrons. The maximum absolute atomic E-state index is 11.2. The number of carboxylic acids is 1. The Kier molecular flexibility index (Phi) is 3.94. The highest BCUT2D eigenvalue weighted by atomic mass is 35.5. The summed E-state index contributed by atoms with van der Waals surface area (Å²) in [6.07, 6.45) is 0. The fourth-order valence-electron chi connectivity index (χ4n) is 1.94. The van der Waals surface area contributed by atoms with E-state index in [1.54, 1.807) is 18.2 Å². The van der Waals surface area contributed by atoms with E-state index in [4.69, 9.17) is 21.4 Å². The first-order valence-corrected chi connectivity index (χ1v) is 6.36. The number of nitrogens with zero attached hydrogens (tertiary/aromatic N) is 3. The zero-order chi connectivity index (χ0) is 14.9. The lowest BCUT2D eigenvalue weighted by atomic mass is 10.1. The summed E-state index contributed by atoms with van der Waals surface area (Å²) in [6, 6.07) is 5.10. The minimum atomic E-state index is -1.10. The van der Waals surface area contributed by atoms with Gasteiger partial charge in [0.25, 0.3) is 0 Å². The van der Waals surface area contributed by atoms with Gasteiger partial charge < -0.3 is 9.84 Å². The minimum Gasteiger partial charge on any atom is -0.495 e. The first-order chi connectivity index (χ1) is 9.45. The molecule has 0 fully saturated rings. The van der Waals surface area contributed by atoms with Gasteiger partial charge in [-0.3, -0.25) is 0 Å². The predicted molar refractivity (Wildman–Crippen MR) is 74.0 cm³/mol. The monoisotopic (exact) mass is 295 g/mol. The summed E-state index contributed by atoms with van der Waals surface area (Å²) < 4.78 is 6.57. The van der Waals surface area contributed by atoms with Crippen molar-refractivity contribution in [1.29, 1.82) is 0 Å². The molecule has 0 saturated heterocycles. The number of rotatable bonds is 4. The Balaban J connectivity index is 2.58. The SMILES string of the molecule is COc1ccc(-n2nnc(C(=O)O)c2C(C)C)cc1Cl. The lowest BCUT2D eigenvalue weighted by Crippen LogP contribution is -2.08. The highest BCUT2D eigenvalue weighted by Gasteiger charge is 2.22. The summed E-state index contributed by atoms with van der Waals surface area (Å²) in [7, 11) is 1.53. The van der Waals surface area contributed by atoms with Gasteiger partial charge in [-0.2, -0.15) is 0 Å². The molecule has 0 aliphatic carbocycles. The van der Waals surface area contributed by atoms with Crippen molar-refractivity contribution in [3.63, 3.8) is 0 Å². The van der Waals surface area contributed by atoms with Gasteiger partial charge in [-0.05, 0) is 24.1 Å². The van der Waals surface area contributed by atoms with Crippen LogP contribution in [0.3, 0.4) is 0 Å². The molecule has 7 heteroatoms. The molecule has 2 rings (SSSR count). The van der Waals surface area contributed by atoms with Crippen LogP contribution in [0.4, 0.5) is 0 Å². The Labute approximate surface area is 120 Å². The van der Waals surface area contributed by atoms with Crippen molar-refractivity contribution in [3.05, 3.63) is 34.6 Å². The summed E-state index contributed by atoms with van der Waals surface area (Å²) in [5, 5.41) is 17.2. The molecule has 2 aromatic rings. The quantitative estimate of drug-likeness (QED) is 0.938. The molecule has 20 heavy (non-hydrogen) atoms. The molecular weight excluding hydrogens is 282 g/mol. The van der Waals surface area contributed by atoms with Crippen LogP contribution in [0.15, 0.2) is 18.2 Å². The first kappa shape index (κ1) is 14.3. The van der Waals surface area contributed by atoms with Crippen molar-refractivity contribution >= 4 is 17.6 Å². The number of carboxylic acid groups (broad SMARTS) is 1. The fourth-order valence-corrected chi connectivity index (χ4v) is 2.19. The van der Waals surface area contributed by atoms with E-state index in [0.717, 1.165) is 0 Å². The third-order valence-electron chi connectivity index (χ3n) is 2.83. The smallest absolute Gasteiger partial charge is 0.358 e. The van der Waals surface area contributed by atoms with Crippen molar-refractivity contribution in [3.8, 4) is 11.4 Å². The van der Waals surface area contributed by atoms with Gasteiger partial charge in [-0.1, -0.05) is 30.7 Å². The van der Waals surface area contributed by atoms with E-state index >= 15 is 0 Å². The normalized spacial score (nSPS) is 10.8. The van der Waals surface area contributed by atoms with E-state index < -0.39 is 5.97 Å². The highest BCUT2D eigenvalue weighted by molar-refractivity contribution is 6.32. The van der Waals surface area contributed by atoms with Crippen molar-refractivity contribution in [2.75, 3.05) is 7.11 Å². The van der Waals surface area contributed by atoms with E-state index in [-0.39, 0.29) is 11.6 Å². The lowest BCUT2D eigenvalue weighted by Gasteiger charge is -2.11. The van der Waals surface area contributed by atoms with Gasteiger partial charge in [-0.25, -0.2) is 9.48 Å². The van der Waals surface area contributed by atoms with Crippen LogP contribution in [0.25, 0.3) is 5.69 Å². The Hall–Kier alpha value is -2.08. The van der Waals surface area contributed by atoms with Gasteiger partial charge in [0, 0.05) is 0 Å². The summed E-state index contributed by atoms with van der Waals surface area (Å²) in [4.78, 5) is 11.2. The van der Waals surface area contributed by atoms with Crippen LogP contribution >= 0.6 is 11.6 Å². The molecular formula is C13H14ClN3O3. The summed E-state index contributed by atoms with van der Waals surface area (Å²) in [5.41, 5.74) is 1.12. The molecule has 0 radical (unpaired) electrons. The van der Waals surface area contributed by atoms with E-state index in [2.05, 4.69) is 10.3 Å². The van der Waals surface area contributed by atoms with Crippen molar-refractivity contribution in [2.45, 2.75) is 19.8 Å². The summed E-state index contributed by atoms with van der Waals surface area (Å²) in [5.74, 6) is -0.600. The Morgan fingerprint density at radius 1 is 1.45 bits per heavy atom. The van der Waals surface area contributed by atoms with Gasteiger partial charge in [0.15, 0.2) is 5.69 Å². The Morgan fingerprint density at radius 2 is 2.15 bits per heavy atom. The maximum Gasteiger partial charge on any atom is 0.358 e. The van der Waals surface area contributed by atoms with E-state index in [1.165, 1.54) is 11.8 Å². The summed E-state index contributed by atoms with van der Waals surface area (Å²) in [6.45, 7) is 3.76. The number of hydrogen-bond donors (Lipinski definition) is 1. The van der Waals surface area contributed by atoms with Crippen molar-refractivity contribution in [1.82, 2.24) is 15.0 Å². The average molecular weight is 296 g/mol. The molecule has 0 spiro atoms. The molecule has 1 aromatic carbocycles. The van der Waals surface area contributed by atoms with E-state index in [9.17, 15) is 4.79 Å². The van der Waals surface area contributed by atoms with Gasteiger partial charge in [0.2, 0.25) is 0 Å². The van der Waals surface area contributed by atoms with Crippen LogP contribution in [-0.2, 0) is 0 Å². The van der Waals surface area contributed by atoms with Crippen LogP contribution in [-0.4, -0.2) is 33.2 Å². The molecule has 0 atom stereocenters. The predicted octanol–water partition coefficient (Wildman–Crippen LogP) is 2.75. The maximum atomic E-state index is 11.2. The summed E-state index contributed by atoms with van der Waals surface area (Å²) >= 11 is 6.08. The van der Waals surface area contributed by atoms with Gasteiger partial charge >= 0.3 is 5.97 Å². The van der Waals surface area contributed by atoms with Gasteiger partial charge in [0.05, 0.1) is 23.5 Å². The molecule has 6 nitrogen and oxygen atoms in total. The minimum absolute atomic E-state index is 0.0445. The number of hydrogen-bond acceptors (Lipinski definition) is 4. The number of methoxy groups -OCH3 is 1. The molecule has 0 aliphatic heterocycles.